The molecule has 0 unspecified atom stereocenters. The second kappa shape index (κ2) is 10.0. The van der Waals surface area contributed by atoms with E-state index in [4.69, 9.17) is 16.3 Å². The average molecular weight is 528 g/mol. The van der Waals surface area contributed by atoms with Gasteiger partial charge in [-0.2, -0.15) is 5.26 Å². The molecule has 0 aliphatic carbocycles. The van der Waals surface area contributed by atoms with Crippen LogP contribution in [0, 0.1) is 29.0 Å². The topological polar surface area (TPSA) is 53.3 Å². The van der Waals surface area contributed by atoms with Crippen molar-refractivity contribution in [3.05, 3.63) is 98.7 Å². The zero-order valence-corrected chi connectivity index (χ0v) is 20.2. The fourth-order valence-electron chi connectivity index (χ4n) is 4.10. The molecule has 2 atom stereocenters. The van der Waals surface area contributed by atoms with Gasteiger partial charge in [-0.15, -0.1) is 0 Å². The summed E-state index contributed by atoms with van der Waals surface area (Å²) in [5.41, 5.74) is 2.67. The van der Waals surface area contributed by atoms with E-state index < -0.39 is 5.82 Å². The van der Waals surface area contributed by atoms with Gasteiger partial charge in [0.1, 0.15) is 11.6 Å². The lowest BCUT2D eigenvalue weighted by Gasteiger charge is -2.46. The molecule has 0 saturated carbocycles. The molecule has 1 aliphatic rings. The van der Waals surface area contributed by atoms with E-state index >= 15 is 0 Å². The molecule has 3 aromatic rings. The van der Waals surface area contributed by atoms with Crippen LogP contribution < -0.4 is 4.74 Å². The van der Waals surface area contributed by atoms with Crippen molar-refractivity contribution in [3.63, 3.8) is 0 Å². The Morgan fingerprint density at radius 2 is 1.88 bits per heavy atom. The summed E-state index contributed by atoms with van der Waals surface area (Å²) < 4.78 is 19.5. The zero-order chi connectivity index (χ0) is 23.5. The van der Waals surface area contributed by atoms with Crippen LogP contribution in [0.3, 0.4) is 0 Å². The van der Waals surface area contributed by atoms with Crippen molar-refractivity contribution in [3.8, 4) is 11.8 Å². The first-order valence-corrected chi connectivity index (χ1v) is 11.7. The van der Waals surface area contributed by atoms with Crippen LogP contribution in [0.25, 0.3) is 0 Å². The van der Waals surface area contributed by atoms with E-state index in [9.17, 15) is 14.4 Å². The smallest absolute Gasteiger partial charge is 0.314 e. The summed E-state index contributed by atoms with van der Waals surface area (Å²) in [5, 5.41) is 9.99. The highest BCUT2D eigenvalue weighted by atomic mass is 79.9. The third-order valence-electron chi connectivity index (χ3n) is 5.95. The minimum absolute atomic E-state index is 0.0609. The molecule has 33 heavy (non-hydrogen) atoms. The van der Waals surface area contributed by atoms with Gasteiger partial charge in [-0.25, -0.2) is 4.39 Å². The van der Waals surface area contributed by atoms with Gasteiger partial charge in [0.15, 0.2) is 0 Å². The maximum absolute atomic E-state index is 13.6. The van der Waals surface area contributed by atoms with E-state index in [1.54, 1.807) is 12.1 Å². The molecule has 1 saturated heterocycles. The van der Waals surface area contributed by atoms with Gasteiger partial charge in [-0.05, 0) is 53.4 Å². The van der Waals surface area contributed by atoms with Crippen LogP contribution in [-0.2, 0) is 4.79 Å². The molecule has 0 N–H and O–H groups in total. The Kier molecular flexibility index (Phi) is 7.14. The lowest BCUT2D eigenvalue weighted by Crippen LogP contribution is -2.52. The highest BCUT2D eigenvalue weighted by molar-refractivity contribution is 9.10. The van der Waals surface area contributed by atoms with Crippen LogP contribution in [0.2, 0.25) is 5.02 Å². The van der Waals surface area contributed by atoms with Gasteiger partial charge in [-0.1, -0.05) is 58.7 Å². The van der Waals surface area contributed by atoms with Crippen LogP contribution in [-0.4, -0.2) is 24.0 Å². The molecule has 0 aromatic heterocycles. The zero-order valence-electron chi connectivity index (χ0n) is 17.8. The van der Waals surface area contributed by atoms with Gasteiger partial charge in [0.25, 0.3) is 0 Å². The third-order valence-corrected chi connectivity index (χ3v) is 6.66. The predicted octanol–water partition coefficient (Wildman–Crippen LogP) is 6.38. The van der Waals surface area contributed by atoms with Crippen molar-refractivity contribution in [2.24, 2.45) is 11.8 Å². The molecular weight excluding hydrogens is 507 g/mol. The second-order valence-corrected chi connectivity index (χ2v) is 9.57. The number of carbonyl (C=O) groups excluding carboxylic acids is 1. The highest BCUT2D eigenvalue weighted by Crippen LogP contribution is 2.37. The first-order chi connectivity index (χ1) is 15.8. The van der Waals surface area contributed by atoms with Crippen molar-refractivity contribution in [2.45, 2.75) is 13.0 Å². The summed E-state index contributed by atoms with van der Waals surface area (Å²) >= 11 is 9.30. The molecule has 1 aliphatic heterocycles. The normalized spacial score (nSPS) is 15.8. The Hall–Kier alpha value is -2.72. The van der Waals surface area contributed by atoms with E-state index in [0.29, 0.717) is 28.1 Å². The van der Waals surface area contributed by atoms with Crippen LogP contribution >= 0.6 is 27.5 Å². The SMILES string of the molecule is C[C@@H](C(=O)Oc1cc(F)cc(Br)c1)C1CN([C@@H](c2ccc(Cl)cc2)c2cccc(C#N)c2)C1. The minimum atomic E-state index is -0.472. The molecule has 0 radical (unpaired) electrons. The number of likely N-dealkylation sites (tertiary alicyclic amines) is 1. The van der Waals surface area contributed by atoms with Crippen LogP contribution in [0.1, 0.15) is 29.7 Å². The number of halogens is 3. The molecule has 0 amide bonds. The molecule has 0 bridgehead atoms. The maximum atomic E-state index is 13.6. The molecule has 4 rings (SSSR count). The highest BCUT2D eigenvalue weighted by Gasteiger charge is 2.39. The molecule has 168 valence electrons. The molecule has 0 spiro atoms. The van der Waals surface area contributed by atoms with Crippen molar-refractivity contribution in [1.82, 2.24) is 4.90 Å². The number of esters is 1. The Bertz CT molecular complexity index is 1190. The quantitative estimate of drug-likeness (QED) is 0.276. The number of nitrogens with zero attached hydrogens (tertiary/aromatic N) is 2. The molecule has 1 heterocycles. The molecular formula is C26H21BrClFN2O2. The number of rotatable bonds is 6. The summed E-state index contributed by atoms with van der Waals surface area (Å²) in [6.45, 7) is 3.21. The summed E-state index contributed by atoms with van der Waals surface area (Å²) in [6.07, 6.45) is 0. The average Bonchev–Trinajstić information content (AvgIpc) is 2.75. The van der Waals surface area contributed by atoms with Gasteiger partial charge in [0.2, 0.25) is 0 Å². The van der Waals surface area contributed by atoms with Gasteiger partial charge in [0, 0.05) is 28.7 Å². The van der Waals surface area contributed by atoms with Crippen LogP contribution in [0.4, 0.5) is 4.39 Å². The number of nitriles is 1. The largest absolute Gasteiger partial charge is 0.426 e. The van der Waals surface area contributed by atoms with Crippen molar-refractivity contribution >= 4 is 33.5 Å². The standard InChI is InChI=1S/C26H21BrClFN2O2/c1-16(26(32)33-24-11-21(27)10-23(29)12-24)20-14-31(15-20)25(18-5-7-22(28)8-6-18)19-4-2-3-17(9-19)13-30/h2-12,16,20,25H,14-15H2,1H3/t16-,25+/m1/s1. The number of ether oxygens (including phenoxy) is 1. The fraction of sp³-hybridized carbons (Fsp3) is 0.231. The number of hydrogen-bond acceptors (Lipinski definition) is 4. The van der Waals surface area contributed by atoms with Crippen molar-refractivity contribution in [1.29, 1.82) is 5.26 Å². The summed E-state index contributed by atoms with van der Waals surface area (Å²) in [5.74, 6) is -0.919. The Balaban J connectivity index is 1.49. The van der Waals surface area contributed by atoms with Crippen molar-refractivity contribution < 1.29 is 13.9 Å². The van der Waals surface area contributed by atoms with Gasteiger partial charge in [0.05, 0.1) is 23.6 Å². The summed E-state index contributed by atoms with van der Waals surface area (Å²) in [7, 11) is 0. The van der Waals surface area contributed by atoms with E-state index in [0.717, 1.165) is 11.1 Å². The molecule has 7 heteroatoms. The maximum Gasteiger partial charge on any atom is 0.314 e. The minimum Gasteiger partial charge on any atom is -0.426 e. The fourth-order valence-corrected chi connectivity index (χ4v) is 4.67. The first kappa shape index (κ1) is 23.4. The van der Waals surface area contributed by atoms with E-state index in [1.807, 2.05) is 49.4 Å². The molecule has 3 aromatic carbocycles. The lowest BCUT2D eigenvalue weighted by molar-refractivity contribution is -0.143. The summed E-state index contributed by atoms with van der Waals surface area (Å²) in [4.78, 5) is 14.9. The number of benzene rings is 3. The first-order valence-electron chi connectivity index (χ1n) is 10.5. The van der Waals surface area contributed by atoms with Gasteiger partial charge in [-0.3, -0.25) is 9.69 Å². The molecule has 4 nitrogen and oxygen atoms in total. The summed E-state index contributed by atoms with van der Waals surface area (Å²) in [6, 6.07) is 21.5. The number of hydrogen-bond donors (Lipinski definition) is 0. The van der Waals surface area contributed by atoms with E-state index in [2.05, 4.69) is 26.9 Å². The van der Waals surface area contributed by atoms with Crippen LogP contribution in [0.15, 0.2) is 71.2 Å². The second-order valence-electron chi connectivity index (χ2n) is 8.22. The van der Waals surface area contributed by atoms with Crippen molar-refractivity contribution in [2.75, 3.05) is 13.1 Å². The van der Waals surface area contributed by atoms with Crippen LogP contribution in [0.5, 0.6) is 5.75 Å². The lowest BCUT2D eigenvalue weighted by atomic mass is 9.83. The van der Waals surface area contributed by atoms with E-state index in [1.165, 1.54) is 12.1 Å². The Morgan fingerprint density at radius 3 is 2.55 bits per heavy atom. The molecule has 1 fully saturated rings. The number of carbonyl (C=O) groups is 1. The predicted molar refractivity (Wildman–Crippen MR) is 128 cm³/mol. The van der Waals surface area contributed by atoms with Gasteiger partial charge >= 0.3 is 5.97 Å². The Labute approximate surface area is 205 Å². The van der Waals surface area contributed by atoms with Gasteiger partial charge < -0.3 is 4.74 Å². The monoisotopic (exact) mass is 526 g/mol. The van der Waals surface area contributed by atoms with E-state index in [-0.39, 0.29) is 29.6 Å². The Morgan fingerprint density at radius 1 is 1.15 bits per heavy atom. The third kappa shape index (κ3) is 5.44.